The maximum atomic E-state index is 13.7. The Morgan fingerprint density at radius 3 is 1.91 bits per heavy atom. The fourth-order valence-electron chi connectivity index (χ4n) is 1.72. The normalized spacial score (nSPS) is 11.6. The fourth-order valence-corrected chi connectivity index (χ4v) is 1.72. The zero-order valence-corrected chi connectivity index (χ0v) is 10.3. The van der Waals surface area contributed by atoms with E-state index in [9.17, 15) is 30.7 Å². The molecule has 0 bridgehead atoms. The summed E-state index contributed by atoms with van der Waals surface area (Å²) in [6, 6.07) is 3.24. The van der Waals surface area contributed by atoms with Crippen LogP contribution in [-0.2, 0) is 0 Å². The molecule has 0 saturated heterocycles. The van der Waals surface area contributed by atoms with Crippen molar-refractivity contribution in [1.82, 2.24) is 0 Å². The standard InChI is InChI=1S/C13H5F7O2/c14-8-7(9(15)11(17)12(21)10(8)16)5-2-1-3-6(4-5)22-13(18,19)20/h1-4,21H. The first kappa shape index (κ1) is 15.9. The second-order valence-electron chi connectivity index (χ2n) is 4.06. The molecular weight excluding hydrogens is 321 g/mol. The molecule has 0 saturated carbocycles. The minimum absolute atomic E-state index is 0.547. The van der Waals surface area contributed by atoms with Crippen LogP contribution in [-0.4, -0.2) is 11.5 Å². The van der Waals surface area contributed by atoms with Gasteiger partial charge >= 0.3 is 6.36 Å². The first-order valence-electron chi connectivity index (χ1n) is 5.53. The number of hydrogen-bond donors (Lipinski definition) is 1. The van der Waals surface area contributed by atoms with Crippen LogP contribution < -0.4 is 4.74 Å². The first-order chi connectivity index (χ1) is 10.1. The maximum absolute atomic E-state index is 13.7. The minimum Gasteiger partial charge on any atom is -0.503 e. The second-order valence-corrected chi connectivity index (χ2v) is 4.06. The van der Waals surface area contributed by atoms with E-state index < -0.39 is 52.3 Å². The van der Waals surface area contributed by atoms with E-state index in [1.54, 1.807) is 0 Å². The van der Waals surface area contributed by atoms with Gasteiger partial charge in [-0.25, -0.2) is 8.78 Å². The van der Waals surface area contributed by atoms with Crippen LogP contribution in [0.15, 0.2) is 24.3 Å². The predicted molar refractivity (Wildman–Crippen MR) is 60.1 cm³/mol. The Bertz CT molecular complexity index is 696. The molecule has 0 fully saturated rings. The van der Waals surface area contributed by atoms with E-state index in [2.05, 4.69) is 4.74 Å². The quantitative estimate of drug-likeness (QED) is 0.650. The average Bonchev–Trinajstić information content (AvgIpc) is 2.42. The molecule has 0 aromatic heterocycles. The van der Waals surface area contributed by atoms with Crippen LogP contribution in [0.3, 0.4) is 0 Å². The van der Waals surface area contributed by atoms with E-state index >= 15 is 0 Å². The summed E-state index contributed by atoms with van der Waals surface area (Å²) in [4.78, 5) is 0. The second kappa shape index (κ2) is 5.39. The van der Waals surface area contributed by atoms with Gasteiger partial charge < -0.3 is 9.84 Å². The highest BCUT2D eigenvalue weighted by atomic mass is 19.4. The van der Waals surface area contributed by atoms with Gasteiger partial charge in [0, 0.05) is 0 Å². The molecule has 9 heteroatoms. The maximum Gasteiger partial charge on any atom is 0.573 e. The highest BCUT2D eigenvalue weighted by Crippen LogP contribution is 2.36. The highest BCUT2D eigenvalue weighted by molar-refractivity contribution is 5.67. The topological polar surface area (TPSA) is 29.5 Å². The predicted octanol–water partition coefficient (Wildman–Crippen LogP) is 4.51. The lowest BCUT2D eigenvalue weighted by Gasteiger charge is -2.12. The lowest BCUT2D eigenvalue weighted by molar-refractivity contribution is -0.274. The summed E-state index contributed by atoms with van der Waals surface area (Å²) in [7, 11) is 0. The van der Waals surface area contributed by atoms with E-state index in [-0.39, 0.29) is 0 Å². The number of hydrogen-bond acceptors (Lipinski definition) is 2. The molecule has 2 aromatic carbocycles. The Hall–Kier alpha value is -2.45. The summed E-state index contributed by atoms with van der Waals surface area (Å²) in [6.45, 7) is 0. The van der Waals surface area contributed by atoms with Gasteiger partial charge in [-0.05, 0) is 17.7 Å². The van der Waals surface area contributed by atoms with Crippen molar-refractivity contribution in [1.29, 1.82) is 0 Å². The SMILES string of the molecule is Oc1c(F)c(F)c(-c2cccc(OC(F)(F)F)c2)c(F)c1F. The van der Waals surface area contributed by atoms with Crippen LogP contribution in [0, 0.1) is 23.3 Å². The molecule has 22 heavy (non-hydrogen) atoms. The zero-order chi connectivity index (χ0) is 16.7. The zero-order valence-electron chi connectivity index (χ0n) is 10.3. The van der Waals surface area contributed by atoms with Crippen molar-refractivity contribution >= 4 is 0 Å². The molecule has 0 aliphatic rings. The summed E-state index contributed by atoms with van der Waals surface area (Å²) in [6.07, 6.45) is -5.05. The average molecular weight is 326 g/mol. The molecule has 2 aromatic rings. The van der Waals surface area contributed by atoms with Crippen molar-refractivity contribution in [3.05, 3.63) is 47.5 Å². The van der Waals surface area contributed by atoms with Gasteiger partial charge in [-0.3, -0.25) is 0 Å². The van der Waals surface area contributed by atoms with Crippen LogP contribution in [0.4, 0.5) is 30.7 Å². The summed E-state index contributed by atoms with van der Waals surface area (Å²) in [5, 5.41) is 8.84. The van der Waals surface area contributed by atoms with Gasteiger partial charge in [0.25, 0.3) is 0 Å². The van der Waals surface area contributed by atoms with Gasteiger partial charge in [-0.2, -0.15) is 8.78 Å². The summed E-state index contributed by atoms with van der Waals surface area (Å²) < 4.78 is 93.6. The molecule has 0 amide bonds. The van der Waals surface area contributed by atoms with Crippen molar-refractivity contribution in [2.24, 2.45) is 0 Å². The largest absolute Gasteiger partial charge is 0.573 e. The van der Waals surface area contributed by atoms with E-state index in [0.29, 0.717) is 6.07 Å². The molecule has 2 nitrogen and oxygen atoms in total. The number of alkyl halides is 3. The number of rotatable bonds is 2. The third-order valence-electron chi connectivity index (χ3n) is 2.60. The number of halogens is 7. The van der Waals surface area contributed by atoms with Gasteiger partial charge in [0.1, 0.15) is 5.75 Å². The smallest absolute Gasteiger partial charge is 0.503 e. The summed E-state index contributed by atoms with van der Waals surface area (Å²) in [5.74, 6) is -10.7. The lowest BCUT2D eigenvalue weighted by Crippen LogP contribution is -2.17. The number of ether oxygens (including phenoxy) is 1. The molecule has 0 heterocycles. The Kier molecular flexibility index (Phi) is 3.90. The molecule has 0 aliphatic heterocycles. The lowest BCUT2D eigenvalue weighted by atomic mass is 10.0. The van der Waals surface area contributed by atoms with Crippen LogP contribution in [0.2, 0.25) is 0 Å². The van der Waals surface area contributed by atoms with Crippen molar-refractivity contribution in [2.75, 3.05) is 0 Å². The molecule has 0 atom stereocenters. The fraction of sp³-hybridized carbons (Fsp3) is 0.0769. The van der Waals surface area contributed by atoms with E-state index in [1.165, 1.54) is 0 Å². The molecule has 0 spiro atoms. The number of phenolic OH excluding ortho intramolecular Hbond substituents is 1. The van der Waals surface area contributed by atoms with Gasteiger partial charge in [0.2, 0.25) is 11.6 Å². The van der Waals surface area contributed by atoms with Crippen LogP contribution in [0.1, 0.15) is 0 Å². The molecule has 118 valence electrons. The summed E-state index contributed by atoms with van der Waals surface area (Å²) in [5.41, 5.74) is -1.87. The first-order valence-corrected chi connectivity index (χ1v) is 5.53. The molecule has 2 rings (SSSR count). The van der Waals surface area contributed by atoms with Crippen LogP contribution >= 0.6 is 0 Å². The van der Waals surface area contributed by atoms with Gasteiger partial charge in [0.05, 0.1) is 5.56 Å². The Morgan fingerprint density at radius 2 is 1.41 bits per heavy atom. The monoisotopic (exact) mass is 326 g/mol. The number of benzene rings is 2. The molecule has 1 N–H and O–H groups in total. The van der Waals surface area contributed by atoms with E-state index in [1.807, 2.05) is 0 Å². The minimum atomic E-state index is -5.05. The third-order valence-corrected chi connectivity index (χ3v) is 2.60. The summed E-state index contributed by atoms with van der Waals surface area (Å²) >= 11 is 0. The van der Waals surface area contributed by atoms with Crippen molar-refractivity contribution in [2.45, 2.75) is 6.36 Å². The number of phenols is 1. The van der Waals surface area contributed by atoms with E-state index in [4.69, 9.17) is 5.11 Å². The van der Waals surface area contributed by atoms with Gasteiger partial charge in [-0.1, -0.05) is 12.1 Å². The van der Waals surface area contributed by atoms with Gasteiger partial charge in [0.15, 0.2) is 17.4 Å². The molecule has 0 radical (unpaired) electrons. The van der Waals surface area contributed by atoms with Crippen molar-refractivity contribution in [3.63, 3.8) is 0 Å². The van der Waals surface area contributed by atoms with Crippen LogP contribution in [0.25, 0.3) is 11.1 Å². The van der Waals surface area contributed by atoms with Crippen molar-refractivity contribution in [3.8, 4) is 22.6 Å². The Labute approximate surface area is 118 Å². The van der Waals surface area contributed by atoms with Crippen LogP contribution in [0.5, 0.6) is 11.5 Å². The molecule has 0 aliphatic carbocycles. The highest BCUT2D eigenvalue weighted by Gasteiger charge is 2.32. The Morgan fingerprint density at radius 1 is 0.864 bits per heavy atom. The molecule has 0 unspecified atom stereocenters. The van der Waals surface area contributed by atoms with Gasteiger partial charge in [-0.15, -0.1) is 13.2 Å². The Balaban J connectivity index is 2.61. The number of aromatic hydroxyl groups is 1. The third kappa shape index (κ3) is 2.92. The van der Waals surface area contributed by atoms with Crippen molar-refractivity contribution < 1.29 is 40.6 Å². The molecular formula is C13H5F7O2. The van der Waals surface area contributed by atoms with E-state index in [0.717, 1.165) is 18.2 Å².